The molecule has 0 aliphatic carbocycles. The molecule has 0 fully saturated rings. The monoisotopic (exact) mass is 294 g/mol. The smallest absolute Gasteiger partial charge is 0.0897 e. The van der Waals surface area contributed by atoms with Gasteiger partial charge in [0, 0.05) is 36.3 Å². The molecule has 1 aromatic carbocycles. The summed E-state index contributed by atoms with van der Waals surface area (Å²) in [6.07, 6.45) is 1.26. The number of aliphatic hydroxyl groups excluding tert-OH is 1. The van der Waals surface area contributed by atoms with Crippen molar-refractivity contribution in [1.82, 2.24) is 10.3 Å². The molecule has 108 valence electrons. The number of aromatic nitrogens is 1. The minimum Gasteiger partial charge on any atom is -0.389 e. The maximum absolute atomic E-state index is 9.69. The van der Waals surface area contributed by atoms with Crippen molar-refractivity contribution in [3.63, 3.8) is 0 Å². The summed E-state index contributed by atoms with van der Waals surface area (Å²) in [5.74, 6) is 0. The lowest BCUT2D eigenvalue weighted by Gasteiger charge is -2.12. The van der Waals surface area contributed by atoms with Crippen molar-refractivity contribution >= 4 is 22.5 Å². The number of nitrogens with zero attached hydrogens (tertiary/aromatic N) is 1. The number of ether oxygens (including phenoxy) is 1. The Hall–Kier alpha value is -1.20. The molecule has 0 saturated carbocycles. The van der Waals surface area contributed by atoms with E-state index in [0.717, 1.165) is 16.5 Å². The molecule has 0 aliphatic rings. The molecule has 5 heteroatoms. The van der Waals surface area contributed by atoms with Gasteiger partial charge in [-0.25, -0.2) is 0 Å². The summed E-state index contributed by atoms with van der Waals surface area (Å²) in [4.78, 5) is 4.38. The summed E-state index contributed by atoms with van der Waals surface area (Å²) in [6, 6.07) is 7.66. The third-order valence-electron chi connectivity index (χ3n) is 3.01. The average Bonchev–Trinajstić information content (AvgIpc) is 2.48. The molecule has 0 radical (unpaired) electrons. The van der Waals surface area contributed by atoms with Gasteiger partial charge in [0.05, 0.1) is 18.2 Å². The Kier molecular flexibility index (Phi) is 5.73. The number of hydrogen-bond donors (Lipinski definition) is 2. The zero-order valence-electron chi connectivity index (χ0n) is 11.5. The second kappa shape index (κ2) is 7.55. The molecule has 2 aromatic rings. The van der Waals surface area contributed by atoms with E-state index in [-0.39, 0.29) is 0 Å². The molecular weight excluding hydrogens is 276 g/mol. The second-order valence-electron chi connectivity index (χ2n) is 4.55. The maximum Gasteiger partial charge on any atom is 0.0897 e. The highest BCUT2D eigenvalue weighted by Crippen LogP contribution is 2.24. The topological polar surface area (TPSA) is 54.4 Å². The first-order valence-electron chi connectivity index (χ1n) is 6.71. The Morgan fingerprint density at radius 2 is 2.25 bits per heavy atom. The van der Waals surface area contributed by atoms with Crippen molar-refractivity contribution in [2.75, 3.05) is 19.8 Å². The van der Waals surface area contributed by atoms with E-state index in [0.29, 0.717) is 31.3 Å². The fourth-order valence-corrected chi connectivity index (χ4v) is 2.24. The Morgan fingerprint density at radius 3 is 3.05 bits per heavy atom. The van der Waals surface area contributed by atoms with Crippen LogP contribution in [0.5, 0.6) is 0 Å². The summed E-state index contributed by atoms with van der Waals surface area (Å²) < 4.78 is 5.16. The number of fused-ring (bicyclic) bond motifs is 1. The molecule has 1 heterocycles. The number of hydrogen-bond acceptors (Lipinski definition) is 4. The predicted octanol–water partition coefficient (Wildman–Crippen LogP) is 2.38. The van der Waals surface area contributed by atoms with Gasteiger partial charge < -0.3 is 15.2 Å². The Bertz CT molecular complexity index is 563. The highest BCUT2D eigenvalue weighted by atomic mass is 35.5. The molecule has 0 amide bonds. The summed E-state index contributed by atoms with van der Waals surface area (Å²) in [5, 5.41) is 14.5. The van der Waals surface area contributed by atoms with Crippen LogP contribution in [-0.4, -0.2) is 36.0 Å². The van der Waals surface area contributed by atoms with Crippen LogP contribution in [0.25, 0.3) is 10.9 Å². The largest absolute Gasteiger partial charge is 0.389 e. The average molecular weight is 295 g/mol. The number of pyridine rings is 1. The number of halogens is 1. The zero-order valence-corrected chi connectivity index (χ0v) is 12.2. The molecule has 0 unspecified atom stereocenters. The minimum atomic E-state index is -0.499. The number of aliphatic hydroxyl groups is 1. The summed E-state index contributed by atoms with van der Waals surface area (Å²) >= 11 is 6.15. The Morgan fingerprint density at radius 1 is 1.40 bits per heavy atom. The SMILES string of the molecule is CCOC[C@@H](O)CNCc1ccc(Cl)c2cccnc12. The van der Waals surface area contributed by atoms with E-state index < -0.39 is 6.10 Å². The summed E-state index contributed by atoms with van der Waals surface area (Å²) in [5.41, 5.74) is 1.96. The van der Waals surface area contributed by atoms with Crippen molar-refractivity contribution < 1.29 is 9.84 Å². The highest BCUT2D eigenvalue weighted by molar-refractivity contribution is 6.35. The van der Waals surface area contributed by atoms with Crippen molar-refractivity contribution in [1.29, 1.82) is 0 Å². The van der Waals surface area contributed by atoms with E-state index >= 15 is 0 Å². The number of rotatable bonds is 7. The molecular formula is C15H19ClN2O2. The van der Waals surface area contributed by atoms with E-state index in [1.807, 2.05) is 31.2 Å². The van der Waals surface area contributed by atoms with Gasteiger partial charge in [0.1, 0.15) is 0 Å². The lowest BCUT2D eigenvalue weighted by Crippen LogP contribution is -2.30. The van der Waals surface area contributed by atoms with Crippen molar-refractivity contribution in [3.8, 4) is 0 Å². The van der Waals surface area contributed by atoms with E-state index in [2.05, 4.69) is 10.3 Å². The lowest BCUT2D eigenvalue weighted by atomic mass is 10.1. The maximum atomic E-state index is 9.69. The van der Waals surface area contributed by atoms with Crippen LogP contribution in [0.15, 0.2) is 30.5 Å². The Labute approximate surface area is 123 Å². The summed E-state index contributed by atoms with van der Waals surface area (Å²) in [6.45, 7) is 3.99. The second-order valence-corrected chi connectivity index (χ2v) is 4.96. The first-order chi connectivity index (χ1) is 9.72. The third kappa shape index (κ3) is 3.90. The fourth-order valence-electron chi connectivity index (χ4n) is 2.03. The van der Waals surface area contributed by atoms with Crippen LogP contribution < -0.4 is 5.32 Å². The number of nitrogens with one attached hydrogen (secondary N) is 1. The van der Waals surface area contributed by atoms with E-state index in [9.17, 15) is 5.11 Å². The third-order valence-corrected chi connectivity index (χ3v) is 3.34. The molecule has 4 nitrogen and oxygen atoms in total. The highest BCUT2D eigenvalue weighted by Gasteiger charge is 2.07. The Balaban J connectivity index is 1.98. The first-order valence-corrected chi connectivity index (χ1v) is 7.08. The van der Waals surface area contributed by atoms with Crippen LogP contribution in [0.3, 0.4) is 0 Å². The van der Waals surface area contributed by atoms with E-state index in [4.69, 9.17) is 16.3 Å². The van der Waals surface area contributed by atoms with E-state index in [1.165, 1.54) is 0 Å². The van der Waals surface area contributed by atoms with Gasteiger partial charge in [-0.1, -0.05) is 17.7 Å². The van der Waals surface area contributed by atoms with Gasteiger partial charge in [-0.15, -0.1) is 0 Å². The van der Waals surface area contributed by atoms with Crippen LogP contribution in [0.1, 0.15) is 12.5 Å². The minimum absolute atomic E-state index is 0.350. The standard InChI is InChI=1S/C15H19ClN2O2/c1-2-20-10-12(19)9-17-8-11-5-6-14(16)13-4-3-7-18-15(11)13/h3-7,12,17,19H,2,8-10H2,1H3/t12-/m0/s1. The van der Waals surface area contributed by atoms with E-state index in [1.54, 1.807) is 6.20 Å². The van der Waals surface area contributed by atoms with Crippen LogP contribution >= 0.6 is 11.6 Å². The fraction of sp³-hybridized carbons (Fsp3) is 0.400. The van der Waals surface area contributed by atoms with Gasteiger partial charge in [-0.2, -0.15) is 0 Å². The van der Waals surface area contributed by atoms with Gasteiger partial charge >= 0.3 is 0 Å². The van der Waals surface area contributed by atoms with Crippen molar-refractivity contribution in [2.45, 2.75) is 19.6 Å². The van der Waals surface area contributed by atoms with Gasteiger partial charge in [-0.05, 0) is 30.7 Å². The molecule has 20 heavy (non-hydrogen) atoms. The van der Waals surface area contributed by atoms with Crippen LogP contribution in [0, 0.1) is 0 Å². The first kappa shape index (κ1) is 15.2. The molecule has 2 rings (SSSR count). The molecule has 0 spiro atoms. The molecule has 2 N–H and O–H groups in total. The van der Waals surface area contributed by atoms with Crippen molar-refractivity contribution in [2.24, 2.45) is 0 Å². The normalized spacial score (nSPS) is 12.8. The van der Waals surface area contributed by atoms with Gasteiger partial charge in [0.15, 0.2) is 0 Å². The lowest BCUT2D eigenvalue weighted by molar-refractivity contribution is 0.0427. The quantitative estimate of drug-likeness (QED) is 0.823. The number of benzene rings is 1. The van der Waals surface area contributed by atoms with Gasteiger partial charge in [0.25, 0.3) is 0 Å². The predicted molar refractivity (Wildman–Crippen MR) is 81.0 cm³/mol. The zero-order chi connectivity index (χ0) is 14.4. The molecule has 1 aromatic heterocycles. The molecule has 0 saturated heterocycles. The van der Waals surface area contributed by atoms with Crippen LogP contribution in [0.2, 0.25) is 5.02 Å². The van der Waals surface area contributed by atoms with Gasteiger partial charge in [0.2, 0.25) is 0 Å². The van der Waals surface area contributed by atoms with Crippen LogP contribution in [-0.2, 0) is 11.3 Å². The van der Waals surface area contributed by atoms with Gasteiger partial charge in [-0.3, -0.25) is 4.98 Å². The van der Waals surface area contributed by atoms with Crippen molar-refractivity contribution in [3.05, 3.63) is 41.0 Å². The molecule has 0 bridgehead atoms. The van der Waals surface area contributed by atoms with Crippen LogP contribution in [0.4, 0.5) is 0 Å². The summed E-state index contributed by atoms with van der Waals surface area (Å²) in [7, 11) is 0. The molecule has 0 aliphatic heterocycles. The molecule has 1 atom stereocenters.